The number of hydrogen-bond acceptors (Lipinski definition) is 3. The molecule has 2 N–H and O–H groups in total. The largest absolute Gasteiger partial charge is 0.494 e. The second-order valence-electron chi connectivity index (χ2n) is 6.10. The van der Waals surface area contributed by atoms with E-state index < -0.39 is 5.97 Å². The average Bonchev–Trinajstić information content (AvgIpc) is 3.01. The van der Waals surface area contributed by atoms with Crippen LogP contribution in [0.5, 0.6) is 5.75 Å². The molecule has 5 heteroatoms. The molecule has 2 atom stereocenters. The van der Waals surface area contributed by atoms with Crippen LogP contribution >= 0.6 is 0 Å². The van der Waals surface area contributed by atoms with Gasteiger partial charge in [0, 0.05) is 11.6 Å². The molecular formula is C18H25NO4. The third kappa shape index (κ3) is 5.27. The van der Waals surface area contributed by atoms with Crippen molar-refractivity contribution in [2.24, 2.45) is 5.92 Å². The van der Waals surface area contributed by atoms with Crippen molar-refractivity contribution in [1.29, 1.82) is 0 Å². The second-order valence-corrected chi connectivity index (χ2v) is 6.10. The lowest BCUT2D eigenvalue weighted by atomic mass is 10.1. The zero-order chi connectivity index (χ0) is 16.7. The van der Waals surface area contributed by atoms with E-state index in [1.54, 1.807) is 24.3 Å². The van der Waals surface area contributed by atoms with E-state index >= 15 is 0 Å². The highest BCUT2D eigenvalue weighted by atomic mass is 16.5. The summed E-state index contributed by atoms with van der Waals surface area (Å²) in [5.74, 6) is -0.492. The number of hydrogen-bond donors (Lipinski definition) is 2. The van der Waals surface area contributed by atoms with E-state index in [9.17, 15) is 9.59 Å². The lowest BCUT2D eigenvalue weighted by molar-refractivity contribution is -0.141. The van der Waals surface area contributed by atoms with Crippen molar-refractivity contribution in [2.75, 3.05) is 6.61 Å². The van der Waals surface area contributed by atoms with Gasteiger partial charge in [-0.25, -0.2) is 0 Å². The van der Waals surface area contributed by atoms with Crippen LogP contribution in [0.25, 0.3) is 0 Å². The van der Waals surface area contributed by atoms with Gasteiger partial charge in [-0.05, 0) is 49.9 Å². The Morgan fingerprint density at radius 1 is 1.22 bits per heavy atom. The molecule has 0 aromatic heterocycles. The molecule has 0 radical (unpaired) electrons. The Kier molecular flexibility index (Phi) is 6.44. The van der Waals surface area contributed by atoms with Gasteiger partial charge in [0.15, 0.2) is 0 Å². The number of carboxylic acid groups (broad SMARTS) is 1. The molecule has 1 aliphatic rings. The molecule has 0 spiro atoms. The maximum absolute atomic E-state index is 12.2. The summed E-state index contributed by atoms with van der Waals surface area (Å²) in [7, 11) is 0. The van der Waals surface area contributed by atoms with Gasteiger partial charge in [-0.3, -0.25) is 9.59 Å². The van der Waals surface area contributed by atoms with E-state index in [4.69, 9.17) is 9.84 Å². The molecule has 0 unspecified atom stereocenters. The lowest BCUT2D eigenvalue weighted by Crippen LogP contribution is -2.33. The summed E-state index contributed by atoms with van der Waals surface area (Å²) in [6.07, 6.45) is 5.21. The number of carbonyl (C=O) groups is 2. The molecule has 23 heavy (non-hydrogen) atoms. The first-order valence-electron chi connectivity index (χ1n) is 8.36. The predicted molar refractivity (Wildman–Crippen MR) is 87.7 cm³/mol. The number of unbranched alkanes of at least 4 members (excludes halogenated alkanes) is 2. The van der Waals surface area contributed by atoms with Crippen molar-refractivity contribution in [3.05, 3.63) is 29.8 Å². The molecule has 1 aliphatic carbocycles. The van der Waals surface area contributed by atoms with Crippen LogP contribution in [-0.4, -0.2) is 29.6 Å². The first-order chi connectivity index (χ1) is 11.1. The lowest BCUT2D eigenvalue weighted by Gasteiger charge is -2.13. The maximum Gasteiger partial charge on any atom is 0.306 e. The molecular weight excluding hydrogens is 294 g/mol. The average molecular weight is 319 g/mol. The molecule has 1 aromatic carbocycles. The highest BCUT2D eigenvalue weighted by Gasteiger charge is 2.30. The molecule has 1 amide bonds. The molecule has 0 heterocycles. The summed E-state index contributed by atoms with van der Waals surface area (Å²) in [6, 6.07) is 7.04. The first kappa shape index (κ1) is 17.3. The van der Waals surface area contributed by atoms with Crippen molar-refractivity contribution in [3.8, 4) is 5.75 Å². The summed E-state index contributed by atoms with van der Waals surface area (Å²) >= 11 is 0. The highest BCUT2D eigenvalue weighted by Crippen LogP contribution is 2.26. The molecule has 5 nitrogen and oxygen atoms in total. The number of rotatable bonds is 8. The summed E-state index contributed by atoms with van der Waals surface area (Å²) in [5.41, 5.74) is 0.574. The quantitative estimate of drug-likeness (QED) is 0.721. The van der Waals surface area contributed by atoms with Crippen molar-refractivity contribution in [2.45, 2.75) is 51.5 Å². The van der Waals surface area contributed by atoms with E-state index in [2.05, 4.69) is 12.2 Å². The Labute approximate surface area is 137 Å². The van der Waals surface area contributed by atoms with Crippen LogP contribution in [0.1, 0.15) is 55.8 Å². The normalized spacial score (nSPS) is 20.2. The van der Waals surface area contributed by atoms with Gasteiger partial charge in [-0.1, -0.05) is 19.8 Å². The maximum atomic E-state index is 12.2. The third-order valence-electron chi connectivity index (χ3n) is 4.25. The van der Waals surface area contributed by atoms with Gasteiger partial charge in [-0.2, -0.15) is 0 Å². The van der Waals surface area contributed by atoms with Crippen LogP contribution in [0.3, 0.4) is 0 Å². The second kappa shape index (κ2) is 8.56. The molecule has 1 saturated carbocycles. The van der Waals surface area contributed by atoms with E-state index in [0.717, 1.165) is 31.4 Å². The number of carboxylic acids is 1. The van der Waals surface area contributed by atoms with Gasteiger partial charge in [0.25, 0.3) is 5.91 Å². The van der Waals surface area contributed by atoms with E-state index in [-0.39, 0.29) is 17.9 Å². The minimum atomic E-state index is -0.772. The van der Waals surface area contributed by atoms with Gasteiger partial charge in [0.05, 0.1) is 12.5 Å². The Morgan fingerprint density at radius 2 is 1.96 bits per heavy atom. The monoisotopic (exact) mass is 319 g/mol. The minimum absolute atomic E-state index is 0.0476. The van der Waals surface area contributed by atoms with Gasteiger partial charge < -0.3 is 15.2 Å². The summed E-state index contributed by atoms with van der Waals surface area (Å²) in [4.78, 5) is 23.1. The van der Waals surface area contributed by atoms with Crippen molar-refractivity contribution >= 4 is 11.9 Å². The minimum Gasteiger partial charge on any atom is -0.494 e. The van der Waals surface area contributed by atoms with E-state index in [1.165, 1.54) is 0 Å². The highest BCUT2D eigenvalue weighted by molar-refractivity contribution is 5.94. The van der Waals surface area contributed by atoms with Crippen molar-refractivity contribution < 1.29 is 19.4 Å². The van der Waals surface area contributed by atoms with Crippen LogP contribution in [0.2, 0.25) is 0 Å². The van der Waals surface area contributed by atoms with E-state index in [0.29, 0.717) is 25.0 Å². The number of benzene rings is 1. The standard InChI is InChI=1S/C18H25NO4/c1-2-3-4-11-23-16-9-6-13(7-10-16)17(20)19-15-8-5-14(12-15)18(21)22/h6-7,9-10,14-15H,2-5,8,11-12H2,1H3,(H,19,20)(H,21,22)/t14-,15+/m1/s1. The third-order valence-corrected chi connectivity index (χ3v) is 4.25. The summed E-state index contributed by atoms with van der Waals surface area (Å²) < 4.78 is 5.62. The Hall–Kier alpha value is -2.04. The Balaban J connectivity index is 1.80. The van der Waals surface area contributed by atoms with Gasteiger partial charge >= 0.3 is 5.97 Å². The SMILES string of the molecule is CCCCCOc1ccc(C(=O)N[C@H]2CC[C@@H](C(=O)O)C2)cc1. The molecule has 1 fully saturated rings. The summed E-state index contributed by atoms with van der Waals surface area (Å²) in [5, 5.41) is 11.9. The number of amides is 1. The topological polar surface area (TPSA) is 75.6 Å². The number of carbonyl (C=O) groups excluding carboxylic acids is 1. The first-order valence-corrected chi connectivity index (χ1v) is 8.36. The molecule has 2 rings (SSSR count). The smallest absolute Gasteiger partial charge is 0.306 e. The molecule has 126 valence electrons. The molecule has 0 bridgehead atoms. The van der Waals surface area contributed by atoms with Crippen LogP contribution in [0, 0.1) is 5.92 Å². The van der Waals surface area contributed by atoms with Crippen LogP contribution in [-0.2, 0) is 4.79 Å². The molecule has 0 aliphatic heterocycles. The Bertz CT molecular complexity index is 526. The molecule has 0 saturated heterocycles. The summed E-state index contributed by atoms with van der Waals surface area (Å²) in [6.45, 7) is 2.84. The van der Waals surface area contributed by atoms with Crippen LogP contribution in [0.4, 0.5) is 0 Å². The zero-order valence-corrected chi connectivity index (χ0v) is 13.6. The van der Waals surface area contributed by atoms with Crippen molar-refractivity contribution in [3.63, 3.8) is 0 Å². The van der Waals surface area contributed by atoms with Crippen LogP contribution in [0.15, 0.2) is 24.3 Å². The fourth-order valence-corrected chi connectivity index (χ4v) is 2.85. The number of nitrogens with one attached hydrogen (secondary N) is 1. The zero-order valence-electron chi connectivity index (χ0n) is 13.6. The van der Waals surface area contributed by atoms with Crippen LogP contribution < -0.4 is 10.1 Å². The molecule has 1 aromatic rings. The number of aliphatic carboxylic acids is 1. The van der Waals surface area contributed by atoms with Gasteiger partial charge in [-0.15, -0.1) is 0 Å². The fourth-order valence-electron chi connectivity index (χ4n) is 2.85. The van der Waals surface area contributed by atoms with E-state index in [1.807, 2.05) is 0 Å². The number of ether oxygens (including phenoxy) is 1. The van der Waals surface area contributed by atoms with Gasteiger partial charge in [0.2, 0.25) is 0 Å². The fraction of sp³-hybridized carbons (Fsp3) is 0.556. The predicted octanol–water partition coefficient (Wildman–Crippen LogP) is 3.24. The van der Waals surface area contributed by atoms with Crippen molar-refractivity contribution in [1.82, 2.24) is 5.32 Å². The van der Waals surface area contributed by atoms with Gasteiger partial charge in [0.1, 0.15) is 5.75 Å². The Morgan fingerprint density at radius 3 is 2.57 bits per heavy atom.